The fourth-order valence-electron chi connectivity index (χ4n) is 3.54. The summed E-state index contributed by atoms with van der Waals surface area (Å²) >= 11 is 5.81. The second-order valence-corrected chi connectivity index (χ2v) is 10.7. The lowest BCUT2D eigenvalue weighted by molar-refractivity contribution is 0.0224. The molecule has 0 N–H and O–H groups in total. The number of hydrogen-bond donors (Lipinski definition) is 0. The number of aromatic nitrogens is 2. The molecule has 1 aromatic carbocycles. The molecule has 0 saturated heterocycles. The number of pyridine rings is 1. The number of fused-ring (bicyclic) bond motifs is 2. The van der Waals surface area contributed by atoms with Crippen LogP contribution < -0.4 is 0 Å². The molecule has 1 aliphatic rings. The Morgan fingerprint density at radius 3 is 2.48 bits per heavy atom. The van der Waals surface area contributed by atoms with Crippen LogP contribution in [0.15, 0.2) is 41.1 Å². The van der Waals surface area contributed by atoms with Gasteiger partial charge in [-0.2, -0.15) is 0 Å². The Morgan fingerprint density at radius 2 is 1.85 bits per heavy atom. The van der Waals surface area contributed by atoms with Gasteiger partial charge in [0.15, 0.2) is 5.65 Å². The van der Waals surface area contributed by atoms with Gasteiger partial charge in [-0.3, -0.25) is 3.97 Å². The molecule has 180 valence electrons. The van der Waals surface area contributed by atoms with Gasteiger partial charge >= 0.3 is 6.09 Å². The Bertz CT molecular complexity index is 1100. The van der Waals surface area contributed by atoms with Crippen molar-refractivity contribution in [1.29, 1.82) is 0 Å². The van der Waals surface area contributed by atoms with Gasteiger partial charge in [0.1, 0.15) is 5.60 Å². The minimum atomic E-state index is -0.478. The molecule has 0 spiro atoms. The summed E-state index contributed by atoms with van der Waals surface area (Å²) < 4.78 is 8.58. The summed E-state index contributed by atoms with van der Waals surface area (Å²) in [6.07, 6.45) is 4.54. The van der Waals surface area contributed by atoms with E-state index in [0.717, 1.165) is 27.5 Å². The number of halogens is 2. The van der Waals surface area contributed by atoms with Gasteiger partial charge in [0, 0.05) is 71.2 Å². The van der Waals surface area contributed by atoms with Gasteiger partial charge in [0.2, 0.25) is 0 Å². The van der Waals surface area contributed by atoms with E-state index in [4.69, 9.17) is 4.74 Å². The van der Waals surface area contributed by atoms with Gasteiger partial charge in [-0.05, 0) is 65.9 Å². The summed E-state index contributed by atoms with van der Waals surface area (Å²) in [6, 6.07) is 8.63. The molecule has 2 aromatic heterocycles. The molecule has 1 amide bonds. The first-order valence-electron chi connectivity index (χ1n) is 11.3. The largest absolute Gasteiger partial charge is 0.444 e. The first kappa shape index (κ1) is 28.0. The molecule has 0 saturated carbocycles. The highest BCUT2D eigenvalue weighted by atomic mass is 127. The standard InChI is InChI=1S/C21H21BrIN3O2S.2C2H6/c1-21(2,3)28-20(27)25-7-6-13-8-14(4-5-15(13)11-25)18-12-26(29-23)19-17(18)9-16(22)10-24-19;2*1-2/h4-5,8-10,12H,6-7,11H2,1-3H3;2*1-2H3. The maximum absolute atomic E-state index is 12.4. The van der Waals surface area contributed by atoms with Crippen molar-refractivity contribution in [2.45, 2.75) is 67.0 Å². The molecule has 0 unspecified atom stereocenters. The van der Waals surface area contributed by atoms with Crippen molar-refractivity contribution in [1.82, 2.24) is 13.9 Å². The summed E-state index contributed by atoms with van der Waals surface area (Å²) in [6.45, 7) is 14.9. The fraction of sp³-hybridized carbons (Fsp3) is 0.440. The molecule has 33 heavy (non-hydrogen) atoms. The highest BCUT2D eigenvalue weighted by Crippen LogP contribution is 2.36. The number of hydrogen-bond acceptors (Lipinski definition) is 4. The number of amides is 1. The predicted molar refractivity (Wildman–Crippen MR) is 153 cm³/mol. The first-order chi connectivity index (χ1) is 15.7. The lowest BCUT2D eigenvalue weighted by Crippen LogP contribution is -2.39. The monoisotopic (exact) mass is 645 g/mol. The Morgan fingerprint density at radius 1 is 1.15 bits per heavy atom. The van der Waals surface area contributed by atoms with Crippen LogP contribution in [-0.4, -0.2) is 32.1 Å². The highest BCUT2D eigenvalue weighted by molar-refractivity contribution is 14.2. The van der Waals surface area contributed by atoms with Crippen LogP contribution >= 0.6 is 46.3 Å². The topological polar surface area (TPSA) is 47.4 Å². The van der Waals surface area contributed by atoms with Crippen LogP contribution in [0, 0.1) is 0 Å². The van der Waals surface area contributed by atoms with E-state index >= 15 is 0 Å². The number of rotatable bonds is 2. The van der Waals surface area contributed by atoms with Crippen molar-refractivity contribution in [2.75, 3.05) is 6.54 Å². The van der Waals surface area contributed by atoms with E-state index in [1.54, 1.807) is 14.0 Å². The zero-order valence-electron chi connectivity index (χ0n) is 20.4. The van der Waals surface area contributed by atoms with Gasteiger partial charge in [0.25, 0.3) is 0 Å². The molecule has 3 heterocycles. The van der Waals surface area contributed by atoms with E-state index in [9.17, 15) is 4.79 Å². The molecular formula is C25H33BrIN3O2S. The molecule has 5 nitrogen and oxygen atoms in total. The lowest BCUT2D eigenvalue weighted by atomic mass is 9.95. The normalized spacial score (nSPS) is 12.8. The van der Waals surface area contributed by atoms with E-state index in [1.807, 2.05) is 54.7 Å². The molecule has 0 radical (unpaired) electrons. The Hall–Kier alpha value is -1.26. The Balaban J connectivity index is 0.000000914. The van der Waals surface area contributed by atoms with Crippen LogP contribution in [0.25, 0.3) is 22.2 Å². The van der Waals surface area contributed by atoms with Crippen molar-refractivity contribution >= 4 is 63.4 Å². The van der Waals surface area contributed by atoms with Crippen LogP contribution in [0.2, 0.25) is 0 Å². The summed E-state index contributed by atoms with van der Waals surface area (Å²) in [7, 11) is 1.61. The zero-order chi connectivity index (χ0) is 24.8. The summed E-state index contributed by atoms with van der Waals surface area (Å²) in [5, 5.41) is 1.12. The molecule has 0 atom stereocenters. The average Bonchev–Trinajstić information content (AvgIpc) is 3.17. The van der Waals surface area contributed by atoms with Crippen LogP contribution in [0.3, 0.4) is 0 Å². The van der Waals surface area contributed by atoms with Crippen LogP contribution in [0.4, 0.5) is 4.79 Å². The van der Waals surface area contributed by atoms with Gasteiger partial charge < -0.3 is 9.64 Å². The van der Waals surface area contributed by atoms with E-state index in [2.05, 4.69) is 76.6 Å². The van der Waals surface area contributed by atoms with Crippen molar-refractivity contribution < 1.29 is 9.53 Å². The molecular weight excluding hydrogens is 613 g/mol. The summed E-state index contributed by atoms with van der Waals surface area (Å²) in [5.41, 5.74) is 5.27. The number of benzene rings is 1. The van der Waals surface area contributed by atoms with Crippen LogP contribution in [0.1, 0.15) is 59.6 Å². The molecule has 0 aliphatic carbocycles. The molecule has 0 fully saturated rings. The third-order valence-electron chi connectivity index (χ3n) is 4.83. The summed E-state index contributed by atoms with van der Waals surface area (Å²) in [4.78, 5) is 18.8. The minimum absolute atomic E-state index is 0.245. The van der Waals surface area contributed by atoms with Crippen molar-refractivity contribution in [3.8, 4) is 11.1 Å². The van der Waals surface area contributed by atoms with Gasteiger partial charge in [-0.1, -0.05) is 45.9 Å². The van der Waals surface area contributed by atoms with Crippen LogP contribution in [0.5, 0.6) is 0 Å². The molecule has 8 heteroatoms. The first-order valence-corrected chi connectivity index (χ1v) is 15.4. The van der Waals surface area contributed by atoms with Gasteiger partial charge in [-0.15, -0.1) is 0 Å². The number of nitrogens with zero attached hydrogens (tertiary/aromatic N) is 3. The highest BCUT2D eigenvalue weighted by Gasteiger charge is 2.26. The number of ether oxygens (including phenoxy) is 1. The van der Waals surface area contributed by atoms with Crippen molar-refractivity contribution in [3.05, 3.63) is 52.3 Å². The third-order valence-corrected chi connectivity index (χ3v) is 6.97. The second-order valence-electron chi connectivity index (χ2n) is 8.10. The molecule has 0 bridgehead atoms. The van der Waals surface area contributed by atoms with Crippen LogP contribution in [-0.2, 0) is 17.7 Å². The van der Waals surface area contributed by atoms with Crippen molar-refractivity contribution in [3.63, 3.8) is 0 Å². The van der Waals surface area contributed by atoms with E-state index < -0.39 is 5.60 Å². The maximum Gasteiger partial charge on any atom is 0.410 e. The predicted octanol–water partition coefficient (Wildman–Crippen LogP) is 8.66. The second kappa shape index (κ2) is 12.4. The molecule has 3 aromatic rings. The van der Waals surface area contributed by atoms with E-state index in [-0.39, 0.29) is 6.09 Å². The average molecular weight is 646 g/mol. The Kier molecular flexibility index (Phi) is 10.6. The SMILES string of the molecule is CC.CC.CC(C)(C)OC(=O)N1CCc2cc(-c3cn(SI)c4ncc(Br)cc34)ccc2C1. The smallest absolute Gasteiger partial charge is 0.410 e. The molecule has 1 aliphatic heterocycles. The molecule has 4 rings (SSSR count). The number of carbonyl (C=O) groups excluding carboxylic acids is 1. The minimum Gasteiger partial charge on any atom is -0.444 e. The van der Waals surface area contributed by atoms with E-state index in [1.165, 1.54) is 16.7 Å². The Labute approximate surface area is 222 Å². The third kappa shape index (κ3) is 6.88. The quantitative estimate of drug-likeness (QED) is 0.262. The van der Waals surface area contributed by atoms with Crippen molar-refractivity contribution in [2.24, 2.45) is 0 Å². The number of carbonyl (C=O) groups is 1. The zero-order valence-corrected chi connectivity index (χ0v) is 25.0. The van der Waals surface area contributed by atoms with Gasteiger partial charge in [0.05, 0.1) is 0 Å². The van der Waals surface area contributed by atoms with Gasteiger partial charge in [-0.25, -0.2) is 9.78 Å². The fourth-order valence-corrected chi connectivity index (χ4v) is 5.13. The van der Waals surface area contributed by atoms with E-state index in [0.29, 0.717) is 13.1 Å². The summed E-state index contributed by atoms with van der Waals surface area (Å²) in [5.74, 6) is 0. The maximum atomic E-state index is 12.4. The lowest BCUT2D eigenvalue weighted by Gasteiger charge is -2.31.